The zero-order chi connectivity index (χ0) is 8.97. The van der Waals surface area contributed by atoms with E-state index >= 15 is 0 Å². The predicted octanol–water partition coefficient (Wildman–Crippen LogP) is 2.55. The molecule has 0 saturated carbocycles. The average Bonchev–Trinajstić information content (AvgIpc) is 2.57. The second-order valence-corrected chi connectivity index (χ2v) is 3.59. The Balaban J connectivity index is 0.000000336. The standard InChI is InChI=1S/C9H9Br.CH4O/c10-9-6-2-4-7-3-1-5-8(7)9;1-2/h2,4,6H,1,3,5H2;2H,1H3. The van der Waals surface area contributed by atoms with Crippen molar-refractivity contribution in [1.82, 2.24) is 0 Å². The number of aliphatic hydroxyl groups is 1. The molecule has 12 heavy (non-hydrogen) atoms. The highest BCUT2D eigenvalue weighted by Crippen LogP contribution is 2.28. The van der Waals surface area contributed by atoms with Crippen molar-refractivity contribution in [2.75, 3.05) is 7.11 Å². The molecule has 1 aliphatic rings. The molecule has 0 amide bonds. The lowest BCUT2D eigenvalue weighted by Gasteiger charge is -1.99. The minimum atomic E-state index is 1.00. The van der Waals surface area contributed by atoms with E-state index in [1.54, 1.807) is 0 Å². The summed E-state index contributed by atoms with van der Waals surface area (Å²) in [5.41, 5.74) is 3.07. The maximum atomic E-state index is 7.00. The summed E-state index contributed by atoms with van der Waals surface area (Å²) in [6.45, 7) is 0. The summed E-state index contributed by atoms with van der Waals surface area (Å²) in [6.07, 6.45) is 3.86. The molecule has 0 bridgehead atoms. The number of rotatable bonds is 0. The summed E-state index contributed by atoms with van der Waals surface area (Å²) >= 11 is 3.55. The molecular formula is C10H13BrO. The van der Waals surface area contributed by atoms with Crippen LogP contribution in [0.25, 0.3) is 0 Å². The smallest absolute Gasteiger partial charge is 0.0319 e. The van der Waals surface area contributed by atoms with Gasteiger partial charge in [0, 0.05) is 11.6 Å². The van der Waals surface area contributed by atoms with Crippen LogP contribution in [0.15, 0.2) is 22.7 Å². The van der Waals surface area contributed by atoms with Gasteiger partial charge in [-0.25, -0.2) is 0 Å². The Morgan fingerprint density at radius 1 is 1.25 bits per heavy atom. The van der Waals surface area contributed by atoms with Crippen molar-refractivity contribution >= 4 is 15.9 Å². The molecule has 2 rings (SSSR count). The topological polar surface area (TPSA) is 20.2 Å². The molecule has 0 radical (unpaired) electrons. The minimum Gasteiger partial charge on any atom is -0.400 e. The van der Waals surface area contributed by atoms with Crippen molar-refractivity contribution in [1.29, 1.82) is 0 Å². The van der Waals surface area contributed by atoms with E-state index in [2.05, 4.69) is 34.1 Å². The van der Waals surface area contributed by atoms with Gasteiger partial charge in [0.2, 0.25) is 0 Å². The number of aliphatic hydroxyl groups excluding tert-OH is 1. The molecule has 0 aliphatic heterocycles. The fourth-order valence-electron chi connectivity index (χ4n) is 1.57. The number of hydrogen-bond acceptors (Lipinski definition) is 1. The van der Waals surface area contributed by atoms with Crippen LogP contribution < -0.4 is 0 Å². The van der Waals surface area contributed by atoms with E-state index in [1.807, 2.05) is 0 Å². The van der Waals surface area contributed by atoms with E-state index in [0.29, 0.717) is 0 Å². The second kappa shape index (κ2) is 4.63. The summed E-state index contributed by atoms with van der Waals surface area (Å²) in [4.78, 5) is 0. The zero-order valence-electron chi connectivity index (χ0n) is 7.18. The van der Waals surface area contributed by atoms with E-state index in [4.69, 9.17) is 5.11 Å². The third kappa shape index (κ3) is 1.87. The normalized spacial score (nSPS) is 13.2. The SMILES string of the molecule is Brc1cccc2c1CCC2.CO. The number of benzene rings is 1. The van der Waals surface area contributed by atoms with Gasteiger partial charge in [-0.2, -0.15) is 0 Å². The van der Waals surface area contributed by atoms with Crippen LogP contribution in [0.5, 0.6) is 0 Å². The van der Waals surface area contributed by atoms with Crippen LogP contribution in [0.2, 0.25) is 0 Å². The van der Waals surface area contributed by atoms with Crippen LogP contribution in [0.1, 0.15) is 17.5 Å². The van der Waals surface area contributed by atoms with Gasteiger partial charge >= 0.3 is 0 Å². The molecule has 66 valence electrons. The molecule has 0 aromatic heterocycles. The molecule has 0 spiro atoms. The molecule has 1 nitrogen and oxygen atoms in total. The zero-order valence-corrected chi connectivity index (χ0v) is 8.76. The predicted molar refractivity (Wildman–Crippen MR) is 54.3 cm³/mol. The van der Waals surface area contributed by atoms with Crippen molar-refractivity contribution in [3.63, 3.8) is 0 Å². The van der Waals surface area contributed by atoms with Gasteiger partial charge in [-0.05, 0) is 36.5 Å². The monoisotopic (exact) mass is 228 g/mol. The molecular weight excluding hydrogens is 216 g/mol. The van der Waals surface area contributed by atoms with E-state index in [-0.39, 0.29) is 0 Å². The molecule has 1 aromatic rings. The van der Waals surface area contributed by atoms with Crippen LogP contribution in [-0.2, 0) is 12.8 Å². The molecule has 0 atom stereocenters. The van der Waals surface area contributed by atoms with Gasteiger partial charge in [-0.3, -0.25) is 0 Å². The van der Waals surface area contributed by atoms with E-state index in [0.717, 1.165) is 7.11 Å². The van der Waals surface area contributed by atoms with Gasteiger partial charge in [-0.15, -0.1) is 0 Å². The van der Waals surface area contributed by atoms with Crippen molar-refractivity contribution in [3.8, 4) is 0 Å². The first kappa shape index (κ1) is 9.75. The van der Waals surface area contributed by atoms with Crippen LogP contribution in [-0.4, -0.2) is 12.2 Å². The van der Waals surface area contributed by atoms with Crippen molar-refractivity contribution < 1.29 is 5.11 Å². The summed E-state index contributed by atoms with van der Waals surface area (Å²) in [5, 5.41) is 7.00. The highest BCUT2D eigenvalue weighted by molar-refractivity contribution is 9.10. The van der Waals surface area contributed by atoms with Crippen LogP contribution >= 0.6 is 15.9 Å². The number of halogens is 1. The molecule has 0 fully saturated rings. The Morgan fingerprint density at radius 3 is 2.67 bits per heavy atom. The lowest BCUT2D eigenvalue weighted by molar-refractivity contribution is 0.399. The Bertz CT molecular complexity index is 258. The summed E-state index contributed by atoms with van der Waals surface area (Å²) < 4.78 is 1.29. The van der Waals surface area contributed by atoms with Crippen LogP contribution in [0.3, 0.4) is 0 Å². The van der Waals surface area contributed by atoms with Crippen molar-refractivity contribution in [2.24, 2.45) is 0 Å². The first-order valence-corrected chi connectivity index (χ1v) is 4.88. The molecule has 0 unspecified atom stereocenters. The average molecular weight is 229 g/mol. The van der Waals surface area contributed by atoms with Gasteiger partial charge in [0.25, 0.3) is 0 Å². The third-order valence-corrected chi connectivity index (χ3v) is 2.83. The summed E-state index contributed by atoms with van der Waals surface area (Å²) in [5.74, 6) is 0. The Labute approximate surface area is 81.6 Å². The van der Waals surface area contributed by atoms with Gasteiger partial charge < -0.3 is 5.11 Å². The molecule has 2 heteroatoms. The van der Waals surface area contributed by atoms with Crippen molar-refractivity contribution in [2.45, 2.75) is 19.3 Å². The van der Waals surface area contributed by atoms with E-state index < -0.39 is 0 Å². The van der Waals surface area contributed by atoms with Gasteiger partial charge in [-0.1, -0.05) is 28.1 Å². The maximum absolute atomic E-state index is 7.00. The van der Waals surface area contributed by atoms with E-state index in [9.17, 15) is 0 Å². The fraction of sp³-hybridized carbons (Fsp3) is 0.400. The number of fused-ring (bicyclic) bond motifs is 1. The lowest BCUT2D eigenvalue weighted by Crippen LogP contribution is -1.81. The Kier molecular flexibility index (Phi) is 3.76. The van der Waals surface area contributed by atoms with Crippen LogP contribution in [0.4, 0.5) is 0 Å². The fourth-order valence-corrected chi connectivity index (χ4v) is 2.18. The highest BCUT2D eigenvalue weighted by Gasteiger charge is 2.11. The first-order valence-electron chi connectivity index (χ1n) is 4.09. The van der Waals surface area contributed by atoms with Gasteiger partial charge in [0.05, 0.1) is 0 Å². The molecule has 0 heterocycles. The van der Waals surface area contributed by atoms with Gasteiger partial charge in [0.15, 0.2) is 0 Å². The molecule has 1 N–H and O–H groups in total. The summed E-state index contributed by atoms with van der Waals surface area (Å²) in [6, 6.07) is 6.48. The molecule has 1 aromatic carbocycles. The molecule has 0 saturated heterocycles. The third-order valence-electron chi connectivity index (χ3n) is 2.09. The Hall–Kier alpha value is -0.340. The number of aryl methyl sites for hydroxylation is 1. The molecule has 1 aliphatic carbocycles. The minimum absolute atomic E-state index is 1.00. The van der Waals surface area contributed by atoms with Crippen molar-refractivity contribution in [3.05, 3.63) is 33.8 Å². The largest absolute Gasteiger partial charge is 0.400 e. The highest BCUT2D eigenvalue weighted by atomic mass is 79.9. The second-order valence-electron chi connectivity index (χ2n) is 2.73. The maximum Gasteiger partial charge on any atom is 0.0319 e. The van der Waals surface area contributed by atoms with E-state index in [1.165, 1.54) is 34.9 Å². The Morgan fingerprint density at radius 2 is 2.00 bits per heavy atom. The number of hydrogen-bond donors (Lipinski definition) is 1. The lowest BCUT2D eigenvalue weighted by atomic mass is 10.1. The summed E-state index contributed by atoms with van der Waals surface area (Å²) in [7, 11) is 1.00. The van der Waals surface area contributed by atoms with Gasteiger partial charge in [0.1, 0.15) is 0 Å². The van der Waals surface area contributed by atoms with Crippen LogP contribution in [0, 0.1) is 0 Å². The quantitative estimate of drug-likeness (QED) is 0.724. The first-order chi connectivity index (χ1) is 5.88.